The number of nitrogens with zero attached hydrogens (tertiary/aromatic N) is 3. The zero-order valence-electron chi connectivity index (χ0n) is 20.2. The Morgan fingerprint density at radius 2 is 1.86 bits per heavy atom. The Bertz CT molecular complexity index is 1230. The van der Waals surface area contributed by atoms with Crippen LogP contribution in [0.3, 0.4) is 0 Å². The fourth-order valence-electron chi connectivity index (χ4n) is 5.66. The van der Waals surface area contributed by atoms with Gasteiger partial charge in [0.25, 0.3) is 5.91 Å². The third-order valence-electron chi connectivity index (χ3n) is 7.39. The number of carbonyl (C=O) groups is 4. The van der Waals surface area contributed by atoms with Gasteiger partial charge in [0.05, 0.1) is 11.3 Å². The summed E-state index contributed by atoms with van der Waals surface area (Å²) in [6.07, 6.45) is 3.48. The summed E-state index contributed by atoms with van der Waals surface area (Å²) in [7, 11) is 0. The van der Waals surface area contributed by atoms with Gasteiger partial charge in [-0.15, -0.1) is 0 Å². The van der Waals surface area contributed by atoms with Crippen LogP contribution in [0, 0.1) is 0 Å². The first-order valence-electron chi connectivity index (χ1n) is 12.2. The summed E-state index contributed by atoms with van der Waals surface area (Å²) in [6.45, 7) is 4.61. The lowest BCUT2D eigenvalue weighted by Gasteiger charge is -2.48. The van der Waals surface area contributed by atoms with E-state index in [0.717, 1.165) is 30.6 Å². The first-order valence-corrected chi connectivity index (χ1v) is 12.2. The Hall–Kier alpha value is -3.68. The summed E-state index contributed by atoms with van der Waals surface area (Å²) in [5.74, 6) is -0.183. The third kappa shape index (κ3) is 3.96. The zero-order valence-corrected chi connectivity index (χ0v) is 20.2. The molecule has 182 valence electrons. The Kier molecular flexibility index (Phi) is 5.83. The van der Waals surface area contributed by atoms with E-state index < -0.39 is 5.66 Å². The van der Waals surface area contributed by atoms with Crippen molar-refractivity contribution < 1.29 is 19.2 Å². The number of amides is 4. The Morgan fingerprint density at radius 3 is 2.66 bits per heavy atom. The molecule has 2 aromatic carbocycles. The van der Waals surface area contributed by atoms with E-state index in [1.54, 1.807) is 33.8 Å². The molecular weight excluding hydrogens is 444 g/mol. The standard InChI is InChI=1S/C27H30N4O4/c1-18(32)29-15-5-7-19-17-20(11-12-22(19)29)28-24(33)10-6-16-30-26(35)21-8-3-4-9-23(21)31-25(34)13-14-27(30,31)2/h3-4,8-9,11-12,17H,5-7,10,13-16H2,1-2H3,(H,28,33). The Balaban J connectivity index is 1.24. The number of hydrogen-bond donors (Lipinski definition) is 1. The molecule has 1 saturated heterocycles. The van der Waals surface area contributed by atoms with Crippen LogP contribution in [0.5, 0.6) is 0 Å². The summed E-state index contributed by atoms with van der Waals surface area (Å²) in [4.78, 5) is 55.8. The highest BCUT2D eigenvalue weighted by molar-refractivity contribution is 6.10. The van der Waals surface area contributed by atoms with Crippen LogP contribution in [0.4, 0.5) is 17.1 Å². The summed E-state index contributed by atoms with van der Waals surface area (Å²) < 4.78 is 0. The van der Waals surface area contributed by atoms with Crippen molar-refractivity contribution in [3.8, 4) is 0 Å². The number of para-hydroxylation sites is 1. The number of carbonyl (C=O) groups excluding carboxylic acids is 4. The number of rotatable bonds is 5. The minimum atomic E-state index is -0.708. The molecule has 0 saturated carbocycles. The molecule has 0 bridgehead atoms. The van der Waals surface area contributed by atoms with Gasteiger partial charge >= 0.3 is 0 Å². The summed E-state index contributed by atoms with van der Waals surface area (Å²) in [5.41, 5.74) is 3.17. The fourth-order valence-corrected chi connectivity index (χ4v) is 5.66. The van der Waals surface area contributed by atoms with Crippen LogP contribution in [0.25, 0.3) is 0 Å². The first-order chi connectivity index (χ1) is 16.8. The monoisotopic (exact) mass is 474 g/mol. The molecule has 0 radical (unpaired) electrons. The number of anilines is 3. The van der Waals surface area contributed by atoms with Gasteiger partial charge in [-0.1, -0.05) is 12.1 Å². The lowest BCUT2D eigenvalue weighted by molar-refractivity contribution is -0.118. The van der Waals surface area contributed by atoms with Crippen LogP contribution < -0.4 is 15.1 Å². The second kappa shape index (κ2) is 8.83. The van der Waals surface area contributed by atoms with Crippen LogP contribution in [-0.2, 0) is 20.8 Å². The number of aryl methyl sites for hydroxylation is 1. The van der Waals surface area contributed by atoms with Gasteiger partial charge in [0, 0.05) is 44.2 Å². The Labute approximate surface area is 204 Å². The minimum absolute atomic E-state index is 0.0194. The molecule has 2 aromatic rings. The Morgan fingerprint density at radius 1 is 1.06 bits per heavy atom. The van der Waals surface area contributed by atoms with Crippen LogP contribution in [0.1, 0.15) is 61.9 Å². The molecule has 1 N–H and O–H groups in total. The number of nitrogens with one attached hydrogen (secondary N) is 1. The molecule has 4 amide bonds. The predicted molar refractivity (Wildman–Crippen MR) is 133 cm³/mol. The van der Waals surface area contributed by atoms with Crippen LogP contribution in [-0.4, -0.2) is 47.3 Å². The molecule has 3 heterocycles. The largest absolute Gasteiger partial charge is 0.326 e. The van der Waals surface area contributed by atoms with E-state index in [4.69, 9.17) is 0 Å². The van der Waals surface area contributed by atoms with Crippen molar-refractivity contribution in [1.82, 2.24) is 4.90 Å². The average molecular weight is 475 g/mol. The van der Waals surface area contributed by atoms with Gasteiger partial charge in [0.2, 0.25) is 17.7 Å². The van der Waals surface area contributed by atoms with Gasteiger partial charge in [-0.2, -0.15) is 0 Å². The van der Waals surface area contributed by atoms with Gasteiger partial charge in [-0.25, -0.2) is 0 Å². The summed E-state index contributed by atoms with van der Waals surface area (Å²) in [5, 5.41) is 2.95. The lowest BCUT2D eigenvalue weighted by atomic mass is 9.98. The van der Waals surface area contributed by atoms with Gasteiger partial charge in [-0.3, -0.25) is 24.1 Å². The molecule has 3 aliphatic heterocycles. The normalized spacial score (nSPS) is 20.9. The van der Waals surface area contributed by atoms with E-state index >= 15 is 0 Å². The maximum absolute atomic E-state index is 13.3. The highest BCUT2D eigenvalue weighted by Crippen LogP contribution is 2.44. The van der Waals surface area contributed by atoms with Crippen LogP contribution in [0.15, 0.2) is 42.5 Å². The highest BCUT2D eigenvalue weighted by atomic mass is 16.2. The van der Waals surface area contributed by atoms with Crippen molar-refractivity contribution >= 4 is 40.7 Å². The molecule has 0 aromatic heterocycles. The number of hydrogen-bond acceptors (Lipinski definition) is 4. The van der Waals surface area contributed by atoms with E-state index in [2.05, 4.69) is 5.32 Å². The summed E-state index contributed by atoms with van der Waals surface area (Å²) in [6, 6.07) is 12.9. The minimum Gasteiger partial charge on any atom is -0.326 e. The van der Waals surface area contributed by atoms with Gasteiger partial charge in [0.1, 0.15) is 5.66 Å². The van der Waals surface area contributed by atoms with Crippen molar-refractivity contribution in [2.24, 2.45) is 0 Å². The van der Waals surface area contributed by atoms with Crippen molar-refractivity contribution in [3.63, 3.8) is 0 Å². The van der Waals surface area contributed by atoms with E-state index in [9.17, 15) is 19.2 Å². The fraction of sp³-hybridized carbons (Fsp3) is 0.407. The van der Waals surface area contributed by atoms with Gasteiger partial charge in [0.15, 0.2) is 0 Å². The molecule has 0 spiro atoms. The third-order valence-corrected chi connectivity index (χ3v) is 7.39. The topological polar surface area (TPSA) is 90.0 Å². The predicted octanol–water partition coefficient (Wildman–Crippen LogP) is 3.70. The quantitative estimate of drug-likeness (QED) is 0.716. The molecule has 5 rings (SSSR count). The van der Waals surface area contributed by atoms with E-state index in [1.165, 1.54) is 0 Å². The molecule has 1 atom stereocenters. The number of fused-ring (bicyclic) bond motifs is 4. The molecule has 3 aliphatic rings. The SMILES string of the molecule is CC(=O)N1CCCc2cc(NC(=O)CCCN3C(=O)c4ccccc4N4C(=O)CCC34C)ccc21. The van der Waals surface area contributed by atoms with Gasteiger partial charge < -0.3 is 15.1 Å². The van der Waals surface area contributed by atoms with Crippen LogP contribution >= 0.6 is 0 Å². The molecule has 8 nitrogen and oxygen atoms in total. The average Bonchev–Trinajstić information content (AvgIpc) is 3.15. The maximum Gasteiger partial charge on any atom is 0.257 e. The highest BCUT2D eigenvalue weighted by Gasteiger charge is 2.52. The molecule has 1 fully saturated rings. The van der Waals surface area contributed by atoms with E-state index in [0.29, 0.717) is 42.7 Å². The van der Waals surface area contributed by atoms with Crippen molar-refractivity contribution in [1.29, 1.82) is 0 Å². The smallest absolute Gasteiger partial charge is 0.257 e. The molecule has 1 unspecified atom stereocenters. The van der Waals surface area contributed by atoms with Crippen molar-refractivity contribution in [2.45, 2.75) is 58.0 Å². The first kappa shape index (κ1) is 23.1. The molecular formula is C27H30N4O4. The second-order valence-electron chi connectivity index (χ2n) is 9.69. The molecule has 0 aliphatic carbocycles. The lowest BCUT2D eigenvalue weighted by Crippen LogP contribution is -2.62. The van der Waals surface area contributed by atoms with Crippen LogP contribution in [0.2, 0.25) is 0 Å². The van der Waals surface area contributed by atoms with Crippen molar-refractivity contribution in [2.75, 3.05) is 28.2 Å². The molecule has 8 heteroatoms. The molecule has 35 heavy (non-hydrogen) atoms. The number of benzene rings is 2. The maximum atomic E-state index is 13.3. The second-order valence-corrected chi connectivity index (χ2v) is 9.69. The zero-order chi connectivity index (χ0) is 24.7. The van der Waals surface area contributed by atoms with E-state index in [-0.39, 0.29) is 30.0 Å². The van der Waals surface area contributed by atoms with E-state index in [1.807, 2.05) is 37.3 Å². The summed E-state index contributed by atoms with van der Waals surface area (Å²) >= 11 is 0. The van der Waals surface area contributed by atoms with Gasteiger partial charge in [-0.05, 0) is 68.5 Å². The van der Waals surface area contributed by atoms with Crippen molar-refractivity contribution in [3.05, 3.63) is 53.6 Å².